The van der Waals surface area contributed by atoms with Gasteiger partial charge in [-0.25, -0.2) is 9.97 Å². The number of rotatable bonds is 5. The first kappa shape index (κ1) is 20.5. The number of thiophene rings is 1. The van der Waals surface area contributed by atoms with Crippen LogP contribution < -0.4 is 5.56 Å². The summed E-state index contributed by atoms with van der Waals surface area (Å²) in [6, 6.07) is 19.1. The van der Waals surface area contributed by atoms with Crippen LogP contribution in [-0.2, 0) is 12.3 Å². The summed E-state index contributed by atoms with van der Waals surface area (Å²) in [7, 11) is 0. The van der Waals surface area contributed by atoms with Crippen LogP contribution in [0.3, 0.4) is 0 Å². The molecule has 0 N–H and O–H groups in total. The zero-order valence-electron chi connectivity index (χ0n) is 16.1. The van der Waals surface area contributed by atoms with E-state index in [1.807, 2.05) is 60.7 Å². The molecular weight excluding hydrogens is 469 g/mol. The molecule has 3 heterocycles. The van der Waals surface area contributed by atoms with Gasteiger partial charge in [0.15, 0.2) is 5.16 Å². The van der Waals surface area contributed by atoms with Crippen molar-refractivity contribution in [1.82, 2.24) is 14.5 Å². The van der Waals surface area contributed by atoms with Crippen LogP contribution in [0.25, 0.3) is 20.4 Å². The van der Waals surface area contributed by atoms with E-state index in [4.69, 9.17) is 28.2 Å². The molecule has 0 saturated carbocycles. The Morgan fingerprint density at radius 2 is 1.90 bits per heavy atom. The summed E-state index contributed by atoms with van der Waals surface area (Å²) < 4.78 is 2.31. The molecular formula is C23H15Cl2N3OS2. The van der Waals surface area contributed by atoms with Crippen molar-refractivity contribution in [2.75, 3.05) is 0 Å². The summed E-state index contributed by atoms with van der Waals surface area (Å²) in [6.45, 7) is 0.348. The van der Waals surface area contributed by atoms with E-state index in [-0.39, 0.29) is 5.56 Å². The molecule has 0 atom stereocenters. The largest absolute Gasteiger partial charge is 0.282 e. The second kappa shape index (κ2) is 8.63. The number of hydrogen-bond donors (Lipinski definition) is 0. The fourth-order valence-corrected chi connectivity index (χ4v) is 5.74. The standard InChI is InChI=1S/C23H15Cl2N3OS2/c24-16-7-3-5-14(11-16)13-30-23-27-19-17-8-4-10-26-21(17)31-20(19)22(29)28(23)12-15-6-1-2-9-18(15)25/h1-11H,12-13H2. The minimum Gasteiger partial charge on any atom is -0.282 e. The van der Waals surface area contributed by atoms with Gasteiger partial charge in [0.25, 0.3) is 5.56 Å². The van der Waals surface area contributed by atoms with Crippen LogP contribution in [0.2, 0.25) is 10.0 Å². The summed E-state index contributed by atoms with van der Waals surface area (Å²) in [6.07, 6.45) is 1.73. The Kier molecular flexibility index (Phi) is 5.71. The molecule has 154 valence electrons. The normalized spacial score (nSPS) is 11.4. The van der Waals surface area contributed by atoms with Crippen molar-refractivity contribution >= 4 is 66.7 Å². The van der Waals surface area contributed by atoms with Crippen LogP contribution in [0.5, 0.6) is 0 Å². The zero-order valence-corrected chi connectivity index (χ0v) is 19.2. The first-order valence-electron chi connectivity index (χ1n) is 9.49. The van der Waals surface area contributed by atoms with E-state index in [0.29, 0.717) is 37.7 Å². The number of pyridine rings is 1. The van der Waals surface area contributed by atoms with Gasteiger partial charge in [-0.05, 0) is 41.5 Å². The first-order valence-corrected chi connectivity index (χ1v) is 12.0. The molecule has 0 saturated heterocycles. The average Bonchev–Trinajstić information content (AvgIpc) is 3.15. The number of halogens is 2. The maximum absolute atomic E-state index is 13.5. The number of fused-ring (bicyclic) bond motifs is 3. The average molecular weight is 484 g/mol. The third-order valence-electron chi connectivity index (χ3n) is 4.86. The Hall–Kier alpha value is -2.38. The second-order valence-electron chi connectivity index (χ2n) is 6.93. The summed E-state index contributed by atoms with van der Waals surface area (Å²) in [5, 5.41) is 2.85. The highest BCUT2D eigenvalue weighted by Crippen LogP contribution is 2.32. The zero-order chi connectivity index (χ0) is 21.4. The molecule has 0 fully saturated rings. The quantitative estimate of drug-likeness (QED) is 0.207. The SMILES string of the molecule is O=c1c2sc3ncccc3c2nc(SCc2cccc(Cl)c2)n1Cc1ccccc1Cl. The molecule has 2 aromatic carbocycles. The number of benzene rings is 2. The number of aromatic nitrogens is 3. The van der Waals surface area contributed by atoms with Gasteiger partial charge in [-0.1, -0.05) is 65.3 Å². The predicted octanol–water partition coefficient (Wildman–Crippen LogP) is 6.65. The Morgan fingerprint density at radius 1 is 1.03 bits per heavy atom. The van der Waals surface area contributed by atoms with Gasteiger partial charge in [-0.2, -0.15) is 0 Å². The topological polar surface area (TPSA) is 47.8 Å². The molecule has 0 aliphatic rings. The molecule has 5 rings (SSSR count). The van der Waals surface area contributed by atoms with Crippen LogP contribution in [0.4, 0.5) is 0 Å². The lowest BCUT2D eigenvalue weighted by atomic mass is 10.2. The smallest absolute Gasteiger partial charge is 0.272 e. The molecule has 0 radical (unpaired) electrons. The highest BCUT2D eigenvalue weighted by molar-refractivity contribution is 7.98. The van der Waals surface area contributed by atoms with Crippen molar-refractivity contribution in [2.45, 2.75) is 17.5 Å². The van der Waals surface area contributed by atoms with Crippen LogP contribution in [-0.4, -0.2) is 14.5 Å². The van der Waals surface area contributed by atoms with E-state index in [0.717, 1.165) is 21.3 Å². The van der Waals surface area contributed by atoms with Crippen LogP contribution in [0.15, 0.2) is 76.8 Å². The molecule has 0 spiro atoms. The fraction of sp³-hybridized carbons (Fsp3) is 0.0870. The maximum Gasteiger partial charge on any atom is 0.272 e. The van der Waals surface area contributed by atoms with Crippen LogP contribution in [0.1, 0.15) is 11.1 Å². The van der Waals surface area contributed by atoms with Gasteiger partial charge in [-0.15, -0.1) is 11.3 Å². The summed E-state index contributed by atoms with van der Waals surface area (Å²) in [4.78, 5) is 23.7. The molecule has 0 bridgehead atoms. The van der Waals surface area contributed by atoms with Crippen molar-refractivity contribution in [1.29, 1.82) is 0 Å². The number of thioether (sulfide) groups is 1. The van der Waals surface area contributed by atoms with E-state index >= 15 is 0 Å². The fourth-order valence-electron chi connectivity index (χ4n) is 3.36. The van der Waals surface area contributed by atoms with E-state index < -0.39 is 0 Å². The van der Waals surface area contributed by atoms with Crippen molar-refractivity contribution < 1.29 is 0 Å². The molecule has 0 unspecified atom stereocenters. The molecule has 0 aliphatic carbocycles. The van der Waals surface area contributed by atoms with Crippen molar-refractivity contribution in [2.24, 2.45) is 0 Å². The second-order valence-corrected chi connectivity index (χ2v) is 9.72. The first-order chi connectivity index (χ1) is 15.1. The van der Waals surface area contributed by atoms with Gasteiger partial charge in [0.1, 0.15) is 9.53 Å². The van der Waals surface area contributed by atoms with Gasteiger partial charge in [0, 0.05) is 27.4 Å². The Balaban J connectivity index is 1.65. The number of nitrogens with zero attached hydrogens (tertiary/aromatic N) is 3. The molecule has 5 aromatic rings. The van der Waals surface area contributed by atoms with Gasteiger partial charge in [0.05, 0.1) is 12.1 Å². The molecule has 8 heteroatoms. The predicted molar refractivity (Wildman–Crippen MR) is 131 cm³/mol. The van der Waals surface area contributed by atoms with Crippen molar-refractivity contribution in [3.05, 3.63) is 98.4 Å². The summed E-state index contributed by atoms with van der Waals surface area (Å²) in [5.74, 6) is 0.640. The minimum atomic E-state index is -0.0819. The minimum absolute atomic E-state index is 0.0819. The van der Waals surface area contributed by atoms with E-state index in [2.05, 4.69) is 4.98 Å². The highest BCUT2D eigenvalue weighted by Gasteiger charge is 2.18. The Labute approximate surface area is 196 Å². The maximum atomic E-state index is 13.5. The van der Waals surface area contributed by atoms with E-state index in [1.54, 1.807) is 10.8 Å². The third kappa shape index (κ3) is 4.08. The van der Waals surface area contributed by atoms with Gasteiger partial charge in [-0.3, -0.25) is 9.36 Å². The lowest BCUT2D eigenvalue weighted by Crippen LogP contribution is -2.23. The van der Waals surface area contributed by atoms with E-state index in [1.165, 1.54) is 23.1 Å². The molecule has 0 aliphatic heterocycles. The highest BCUT2D eigenvalue weighted by atomic mass is 35.5. The Morgan fingerprint density at radius 3 is 2.74 bits per heavy atom. The Bertz CT molecular complexity index is 1480. The van der Waals surface area contributed by atoms with Crippen LogP contribution in [0, 0.1) is 0 Å². The molecule has 31 heavy (non-hydrogen) atoms. The lowest BCUT2D eigenvalue weighted by molar-refractivity contribution is 0.660. The van der Waals surface area contributed by atoms with Crippen LogP contribution >= 0.6 is 46.3 Å². The monoisotopic (exact) mass is 483 g/mol. The molecule has 4 nitrogen and oxygen atoms in total. The van der Waals surface area contributed by atoms with Gasteiger partial charge in [0.2, 0.25) is 0 Å². The summed E-state index contributed by atoms with van der Waals surface area (Å²) in [5.41, 5.74) is 2.55. The lowest BCUT2D eigenvalue weighted by Gasteiger charge is -2.13. The molecule has 3 aromatic heterocycles. The molecule has 0 amide bonds. The van der Waals surface area contributed by atoms with E-state index in [9.17, 15) is 4.79 Å². The van der Waals surface area contributed by atoms with Gasteiger partial charge >= 0.3 is 0 Å². The van der Waals surface area contributed by atoms with Crippen molar-refractivity contribution in [3.8, 4) is 0 Å². The third-order valence-corrected chi connectivity index (χ3v) is 7.60. The summed E-state index contributed by atoms with van der Waals surface area (Å²) >= 11 is 15.4. The number of hydrogen-bond acceptors (Lipinski definition) is 5. The van der Waals surface area contributed by atoms with Gasteiger partial charge < -0.3 is 0 Å². The van der Waals surface area contributed by atoms with Crippen molar-refractivity contribution in [3.63, 3.8) is 0 Å².